The molecule has 0 saturated carbocycles. The topological polar surface area (TPSA) is 108 Å². The van der Waals surface area contributed by atoms with E-state index in [1.807, 2.05) is 13.8 Å². The fourth-order valence-corrected chi connectivity index (χ4v) is 7.33. The van der Waals surface area contributed by atoms with Gasteiger partial charge in [-0.2, -0.15) is 4.31 Å². The van der Waals surface area contributed by atoms with E-state index in [0.29, 0.717) is 28.8 Å². The molecule has 0 spiro atoms. The second-order valence-electron chi connectivity index (χ2n) is 9.72. The molecule has 0 radical (unpaired) electrons. The third-order valence-corrected chi connectivity index (χ3v) is 9.72. The van der Waals surface area contributed by atoms with Crippen molar-refractivity contribution in [3.8, 4) is 0 Å². The van der Waals surface area contributed by atoms with E-state index < -0.39 is 21.5 Å². The van der Waals surface area contributed by atoms with Gasteiger partial charge in [0.1, 0.15) is 11.7 Å². The molecule has 2 N–H and O–H groups in total. The predicted octanol–water partition coefficient (Wildman–Crippen LogP) is 2.88. The molecule has 1 aromatic carbocycles. The number of amides is 2. The van der Waals surface area contributed by atoms with Crippen molar-refractivity contribution in [2.75, 3.05) is 32.2 Å². The lowest BCUT2D eigenvalue weighted by Gasteiger charge is -2.30. The van der Waals surface area contributed by atoms with E-state index in [2.05, 4.69) is 29.4 Å². The molecule has 1 fully saturated rings. The second kappa shape index (κ2) is 9.62. The second-order valence-corrected chi connectivity index (χ2v) is 12.7. The van der Waals surface area contributed by atoms with Crippen LogP contribution in [0.5, 0.6) is 0 Å². The van der Waals surface area contributed by atoms with Gasteiger partial charge in [0.15, 0.2) is 0 Å². The Balaban J connectivity index is 1.57. The number of rotatable bonds is 6. The lowest BCUT2D eigenvalue weighted by atomic mass is 10.0. The molecule has 1 aromatic heterocycles. The van der Waals surface area contributed by atoms with Crippen LogP contribution in [0.15, 0.2) is 29.2 Å². The maximum absolute atomic E-state index is 13.1. The third kappa shape index (κ3) is 4.88. The normalized spacial score (nSPS) is 18.5. The first-order valence-electron chi connectivity index (χ1n) is 11.6. The minimum absolute atomic E-state index is 0.00285. The molecule has 2 aliphatic rings. The molecule has 3 heterocycles. The number of nitrogens with one attached hydrogen (secondary N) is 2. The summed E-state index contributed by atoms with van der Waals surface area (Å²) in [6.07, 6.45) is 0.742. The molecule has 35 heavy (non-hydrogen) atoms. The smallest absolute Gasteiger partial charge is 0.256 e. The van der Waals surface area contributed by atoms with Crippen LogP contribution in [0.4, 0.5) is 5.00 Å². The predicted molar refractivity (Wildman–Crippen MR) is 135 cm³/mol. The number of anilines is 1. The Hall–Kier alpha value is -2.31. The van der Waals surface area contributed by atoms with Crippen LogP contribution in [0.1, 0.15) is 58.9 Å². The van der Waals surface area contributed by atoms with E-state index >= 15 is 0 Å². The zero-order valence-corrected chi connectivity index (χ0v) is 22.3. The quantitative estimate of drug-likeness (QED) is 0.607. The zero-order valence-electron chi connectivity index (χ0n) is 20.7. The first-order valence-corrected chi connectivity index (χ1v) is 13.8. The summed E-state index contributed by atoms with van der Waals surface area (Å²) in [6, 6.07) is 6.22. The highest BCUT2D eigenvalue weighted by Crippen LogP contribution is 2.38. The summed E-state index contributed by atoms with van der Waals surface area (Å²) in [6.45, 7) is 9.81. The summed E-state index contributed by atoms with van der Waals surface area (Å²) >= 11 is 1.42. The summed E-state index contributed by atoms with van der Waals surface area (Å²) in [5.41, 5.74) is 1.16. The van der Waals surface area contributed by atoms with Crippen LogP contribution in [0.3, 0.4) is 0 Å². The number of carbonyl (C=O) groups is 2. The molecular formula is C24H32N4O5S2. The molecule has 4 rings (SSSR count). The Kier molecular flexibility index (Phi) is 7.09. The van der Waals surface area contributed by atoms with Gasteiger partial charge >= 0.3 is 0 Å². The van der Waals surface area contributed by atoms with Gasteiger partial charge in [-0.25, -0.2) is 8.42 Å². The molecule has 0 bridgehead atoms. The molecule has 11 heteroatoms. The van der Waals surface area contributed by atoms with Gasteiger partial charge in [-0.15, -0.1) is 11.3 Å². The standard InChI is InChI=1S/C24H32N4O5S2/c1-15(2)27-11-10-18-19(12-27)34-23(20(18)22(30)25-5)26-21(29)16-6-8-17(9-7-16)35(31,32)28-14-33-13-24(28,3)4/h6-9,15H,10-14H2,1-5H3,(H,25,30)(H,26,29). The van der Waals surface area contributed by atoms with Gasteiger partial charge in [0.25, 0.3) is 11.8 Å². The minimum atomic E-state index is -3.76. The summed E-state index contributed by atoms with van der Waals surface area (Å²) < 4.78 is 32.8. The molecule has 2 aromatic rings. The number of fused-ring (bicyclic) bond motifs is 1. The van der Waals surface area contributed by atoms with Crippen molar-refractivity contribution in [3.63, 3.8) is 0 Å². The van der Waals surface area contributed by atoms with Crippen LogP contribution in [0, 0.1) is 0 Å². The van der Waals surface area contributed by atoms with Crippen molar-refractivity contribution in [1.82, 2.24) is 14.5 Å². The largest absolute Gasteiger partial charge is 0.363 e. The van der Waals surface area contributed by atoms with Gasteiger partial charge in [0.05, 0.1) is 22.6 Å². The van der Waals surface area contributed by atoms with Gasteiger partial charge in [0, 0.05) is 36.6 Å². The van der Waals surface area contributed by atoms with Crippen molar-refractivity contribution < 1.29 is 22.7 Å². The van der Waals surface area contributed by atoms with E-state index in [0.717, 1.165) is 30.0 Å². The Bertz CT molecular complexity index is 1240. The Morgan fingerprint density at radius 2 is 1.83 bits per heavy atom. The number of thiophene rings is 1. The van der Waals surface area contributed by atoms with Crippen LogP contribution in [0.25, 0.3) is 0 Å². The first-order chi connectivity index (χ1) is 16.5. The van der Waals surface area contributed by atoms with Gasteiger partial charge < -0.3 is 15.4 Å². The highest BCUT2D eigenvalue weighted by Gasteiger charge is 2.42. The molecule has 9 nitrogen and oxygen atoms in total. The number of nitrogens with zero attached hydrogens (tertiary/aromatic N) is 2. The molecule has 0 atom stereocenters. The molecule has 190 valence electrons. The fourth-order valence-electron chi connectivity index (χ4n) is 4.42. The zero-order chi connectivity index (χ0) is 25.5. The van der Waals surface area contributed by atoms with Gasteiger partial charge in [0.2, 0.25) is 10.0 Å². The van der Waals surface area contributed by atoms with Gasteiger partial charge in [-0.1, -0.05) is 0 Å². The third-order valence-electron chi connectivity index (χ3n) is 6.54. The van der Waals surface area contributed by atoms with Crippen LogP contribution in [0.2, 0.25) is 0 Å². The van der Waals surface area contributed by atoms with Gasteiger partial charge in [-0.3, -0.25) is 14.5 Å². The van der Waals surface area contributed by atoms with Crippen molar-refractivity contribution in [2.24, 2.45) is 0 Å². The Morgan fingerprint density at radius 3 is 2.40 bits per heavy atom. The highest BCUT2D eigenvalue weighted by atomic mass is 32.2. The lowest BCUT2D eigenvalue weighted by molar-refractivity contribution is 0.0962. The first kappa shape index (κ1) is 25.8. The van der Waals surface area contributed by atoms with E-state index in [1.54, 1.807) is 7.05 Å². The summed E-state index contributed by atoms with van der Waals surface area (Å²) in [5, 5.41) is 6.09. The molecule has 0 unspecified atom stereocenters. The summed E-state index contributed by atoms with van der Waals surface area (Å²) in [7, 11) is -2.19. The number of hydrogen-bond acceptors (Lipinski definition) is 7. The monoisotopic (exact) mass is 520 g/mol. The van der Waals surface area contributed by atoms with Gasteiger partial charge in [-0.05, 0) is 63.9 Å². The van der Waals surface area contributed by atoms with E-state index in [9.17, 15) is 18.0 Å². The van der Waals surface area contributed by atoms with Crippen LogP contribution in [-0.2, 0) is 27.7 Å². The maximum Gasteiger partial charge on any atom is 0.256 e. The Morgan fingerprint density at radius 1 is 1.14 bits per heavy atom. The van der Waals surface area contributed by atoms with Crippen LogP contribution >= 0.6 is 11.3 Å². The van der Waals surface area contributed by atoms with E-state index in [1.165, 1.54) is 39.9 Å². The number of sulfonamides is 1. The number of ether oxygens (including phenoxy) is 1. The lowest BCUT2D eigenvalue weighted by Crippen LogP contribution is -2.44. The molecule has 2 amide bonds. The number of hydrogen-bond donors (Lipinski definition) is 2. The number of benzene rings is 1. The average Bonchev–Trinajstić information content (AvgIpc) is 3.37. The van der Waals surface area contributed by atoms with Crippen molar-refractivity contribution in [2.45, 2.75) is 57.1 Å². The molecule has 1 saturated heterocycles. The van der Waals surface area contributed by atoms with Crippen LogP contribution in [-0.4, -0.2) is 67.9 Å². The minimum Gasteiger partial charge on any atom is -0.363 e. The highest BCUT2D eigenvalue weighted by molar-refractivity contribution is 7.89. The SMILES string of the molecule is CNC(=O)c1c(NC(=O)c2ccc(S(=O)(=O)N3COCC3(C)C)cc2)sc2c1CCN(C(C)C)C2. The number of carbonyl (C=O) groups excluding carboxylic acids is 2. The van der Waals surface area contributed by atoms with E-state index in [-0.39, 0.29) is 17.5 Å². The van der Waals surface area contributed by atoms with Crippen molar-refractivity contribution >= 4 is 38.2 Å². The summed E-state index contributed by atoms with van der Waals surface area (Å²) in [4.78, 5) is 29.3. The molecular weight excluding hydrogens is 488 g/mol. The molecule has 0 aliphatic carbocycles. The van der Waals surface area contributed by atoms with E-state index in [4.69, 9.17) is 4.74 Å². The summed E-state index contributed by atoms with van der Waals surface area (Å²) in [5.74, 6) is -0.629. The fraction of sp³-hybridized carbons (Fsp3) is 0.500. The Labute approximate surface area is 210 Å². The maximum atomic E-state index is 13.1. The van der Waals surface area contributed by atoms with Crippen LogP contribution < -0.4 is 10.6 Å². The van der Waals surface area contributed by atoms with Crippen molar-refractivity contribution in [1.29, 1.82) is 0 Å². The molecule has 2 aliphatic heterocycles. The van der Waals surface area contributed by atoms with Crippen molar-refractivity contribution in [3.05, 3.63) is 45.8 Å². The average molecular weight is 521 g/mol.